The molecule has 0 saturated heterocycles. The summed E-state index contributed by atoms with van der Waals surface area (Å²) < 4.78 is 0. The van der Waals surface area contributed by atoms with Crippen molar-refractivity contribution in [3.63, 3.8) is 0 Å². The second-order valence-corrected chi connectivity index (χ2v) is 5.21. The van der Waals surface area contributed by atoms with Crippen LogP contribution in [0.15, 0.2) is 72.8 Å². The summed E-state index contributed by atoms with van der Waals surface area (Å²) in [6.45, 7) is 0. The van der Waals surface area contributed by atoms with E-state index < -0.39 is 5.97 Å². The molecule has 3 rings (SSSR count). The molecule has 0 aromatic heterocycles. The van der Waals surface area contributed by atoms with Gasteiger partial charge in [0.05, 0.1) is 0 Å². The van der Waals surface area contributed by atoms with Crippen molar-refractivity contribution < 1.29 is 9.90 Å². The molecule has 2 aromatic carbocycles. The normalized spacial score (nSPS) is 19.9. The molecule has 0 radical (unpaired) electrons. The van der Waals surface area contributed by atoms with Crippen molar-refractivity contribution in [1.29, 1.82) is 0 Å². The minimum absolute atomic E-state index is 0.0610. The van der Waals surface area contributed by atoms with E-state index in [2.05, 4.69) is 24.3 Å². The number of hydrogen-bond acceptors (Lipinski definition) is 1. The molecule has 1 aliphatic carbocycles. The van der Waals surface area contributed by atoms with Gasteiger partial charge < -0.3 is 5.11 Å². The Bertz CT molecular complexity index is 589. The maximum atomic E-state index is 10.7. The molecule has 0 heterocycles. The van der Waals surface area contributed by atoms with Crippen LogP contribution in [0, 0.1) is 5.92 Å². The van der Waals surface area contributed by atoms with Gasteiger partial charge in [-0.25, -0.2) is 4.79 Å². The van der Waals surface area contributed by atoms with Gasteiger partial charge >= 0.3 is 5.97 Å². The van der Waals surface area contributed by atoms with E-state index in [0.717, 1.165) is 6.42 Å². The van der Waals surface area contributed by atoms with Gasteiger partial charge in [-0.2, -0.15) is 0 Å². The SMILES string of the molecule is O=C(O)/C=C\[C@@H]1CC1(c1ccccc1)c1ccccc1. The third kappa shape index (κ3) is 2.14. The van der Waals surface area contributed by atoms with Gasteiger partial charge in [-0.05, 0) is 23.5 Å². The Balaban J connectivity index is 2.01. The van der Waals surface area contributed by atoms with Crippen LogP contribution in [0.3, 0.4) is 0 Å². The summed E-state index contributed by atoms with van der Waals surface area (Å²) in [5, 5.41) is 8.81. The number of carboxylic acid groups (broad SMARTS) is 1. The van der Waals surface area contributed by atoms with Crippen molar-refractivity contribution in [3.05, 3.63) is 83.9 Å². The molecule has 100 valence electrons. The van der Waals surface area contributed by atoms with Gasteiger partial charge in [0.15, 0.2) is 0 Å². The predicted octanol–water partition coefficient (Wildman–Crippen LogP) is 3.63. The average Bonchev–Trinajstić information content (AvgIpc) is 3.23. The standard InChI is InChI=1S/C18H16O2/c19-17(20)12-11-16-13-18(16,14-7-3-1-4-8-14)15-9-5-2-6-10-15/h1-12,16H,13H2,(H,19,20)/b12-11-/t16-/m1/s1. The first kappa shape index (κ1) is 12.7. The Morgan fingerprint density at radius 1 is 1.00 bits per heavy atom. The van der Waals surface area contributed by atoms with Gasteiger partial charge in [-0.1, -0.05) is 66.7 Å². The van der Waals surface area contributed by atoms with Gasteiger partial charge in [0.2, 0.25) is 0 Å². The zero-order valence-electron chi connectivity index (χ0n) is 11.1. The summed E-state index contributed by atoms with van der Waals surface area (Å²) in [6, 6.07) is 20.7. The summed E-state index contributed by atoms with van der Waals surface area (Å²) in [5.74, 6) is -0.629. The molecular weight excluding hydrogens is 248 g/mol. The van der Waals surface area contributed by atoms with Crippen LogP contribution in [0.1, 0.15) is 17.5 Å². The molecular formula is C18H16O2. The first-order valence-electron chi connectivity index (χ1n) is 6.75. The number of benzene rings is 2. The molecule has 1 N–H and O–H groups in total. The van der Waals surface area contributed by atoms with Crippen LogP contribution in [0.25, 0.3) is 0 Å². The molecule has 0 bridgehead atoms. The van der Waals surface area contributed by atoms with Gasteiger partial charge in [0, 0.05) is 11.5 Å². The number of carboxylic acids is 1. The van der Waals surface area contributed by atoms with Crippen LogP contribution in [0.5, 0.6) is 0 Å². The lowest BCUT2D eigenvalue weighted by atomic mass is 9.85. The second kappa shape index (κ2) is 4.97. The fourth-order valence-electron chi connectivity index (χ4n) is 3.02. The molecule has 1 fully saturated rings. The highest BCUT2D eigenvalue weighted by Gasteiger charge is 2.54. The van der Waals surface area contributed by atoms with Crippen molar-refractivity contribution in [2.24, 2.45) is 5.92 Å². The van der Waals surface area contributed by atoms with Crippen LogP contribution < -0.4 is 0 Å². The highest BCUT2D eigenvalue weighted by Crippen LogP contribution is 2.59. The first-order chi connectivity index (χ1) is 9.73. The topological polar surface area (TPSA) is 37.3 Å². The molecule has 0 unspecified atom stereocenters. The molecule has 2 nitrogen and oxygen atoms in total. The van der Waals surface area contributed by atoms with Crippen molar-refractivity contribution in [3.8, 4) is 0 Å². The van der Waals surface area contributed by atoms with E-state index >= 15 is 0 Å². The number of hydrogen-bond donors (Lipinski definition) is 1. The maximum absolute atomic E-state index is 10.7. The van der Waals surface area contributed by atoms with E-state index in [4.69, 9.17) is 5.11 Å². The maximum Gasteiger partial charge on any atom is 0.327 e. The van der Waals surface area contributed by atoms with Crippen LogP contribution in [0.2, 0.25) is 0 Å². The monoisotopic (exact) mass is 264 g/mol. The van der Waals surface area contributed by atoms with E-state index in [9.17, 15) is 4.79 Å². The summed E-state index contributed by atoms with van der Waals surface area (Å²) >= 11 is 0. The minimum Gasteiger partial charge on any atom is -0.478 e. The van der Waals surface area contributed by atoms with Crippen LogP contribution in [0.4, 0.5) is 0 Å². The zero-order chi connectivity index (χ0) is 14.0. The van der Waals surface area contributed by atoms with Gasteiger partial charge in [0.1, 0.15) is 0 Å². The zero-order valence-corrected chi connectivity index (χ0v) is 11.1. The van der Waals surface area contributed by atoms with E-state index in [0.29, 0.717) is 0 Å². The summed E-state index contributed by atoms with van der Waals surface area (Å²) in [4.78, 5) is 10.7. The van der Waals surface area contributed by atoms with Crippen LogP contribution >= 0.6 is 0 Å². The van der Waals surface area contributed by atoms with Crippen LogP contribution in [-0.4, -0.2) is 11.1 Å². The Labute approximate surface area is 118 Å². The largest absolute Gasteiger partial charge is 0.478 e. The Morgan fingerprint density at radius 2 is 1.50 bits per heavy atom. The Morgan fingerprint density at radius 3 is 1.95 bits per heavy atom. The predicted molar refractivity (Wildman–Crippen MR) is 78.5 cm³/mol. The summed E-state index contributed by atoms with van der Waals surface area (Å²) in [7, 11) is 0. The molecule has 2 aromatic rings. The number of rotatable bonds is 4. The molecule has 1 atom stereocenters. The molecule has 0 spiro atoms. The summed E-state index contributed by atoms with van der Waals surface area (Å²) in [6.07, 6.45) is 4.05. The van der Waals surface area contributed by atoms with Crippen LogP contribution in [-0.2, 0) is 10.2 Å². The third-order valence-electron chi connectivity index (χ3n) is 4.06. The van der Waals surface area contributed by atoms with Crippen molar-refractivity contribution >= 4 is 5.97 Å². The summed E-state index contributed by atoms with van der Waals surface area (Å²) in [5.41, 5.74) is 2.45. The van der Waals surface area contributed by atoms with E-state index in [1.54, 1.807) is 0 Å². The smallest absolute Gasteiger partial charge is 0.327 e. The molecule has 1 aliphatic rings. The van der Waals surface area contributed by atoms with Crippen molar-refractivity contribution in [1.82, 2.24) is 0 Å². The van der Waals surface area contributed by atoms with E-state index in [1.165, 1.54) is 17.2 Å². The van der Waals surface area contributed by atoms with E-state index in [1.807, 2.05) is 42.5 Å². The lowest BCUT2D eigenvalue weighted by molar-refractivity contribution is -0.131. The van der Waals surface area contributed by atoms with Crippen molar-refractivity contribution in [2.45, 2.75) is 11.8 Å². The number of allylic oxidation sites excluding steroid dienone is 1. The van der Waals surface area contributed by atoms with E-state index in [-0.39, 0.29) is 11.3 Å². The lowest BCUT2D eigenvalue weighted by Gasteiger charge is -2.18. The lowest BCUT2D eigenvalue weighted by Crippen LogP contribution is -2.11. The minimum atomic E-state index is -0.882. The fraction of sp³-hybridized carbons (Fsp3) is 0.167. The number of aliphatic carboxylic acids is 1. The second-order valence-electron chi connectivity index (χ2n) is 5.21. The first-order valence-corrected chi connectivity index (χ1v) is 6.75. The Hall–Kier alpha value is -2.35. The fourth-order valence-corrected chi connectivity index (χ4v) is 3.02. The highest BCUT2D eigenvalue weighted by molar-refractivity contribution is 5.80. The molecule has 20 heavy (non-hydrogen) atoms. The molecule has 2 heteroatoms. The Kier molecular flexibility index (Phi) is 3.15. The molecule has 1 saturated carbocycles. The third-order valence-corrected chi connectivity index (χ3v) is 4.06. The van der Waals surface area contributed by atoms with Gasteiger partial charge in [0.25, 0.3) is 0 Å². The van der Waals surface area contributed by atoms with Gasteiger partial charge in [-0.3, -0.25) is 0 Å². The van der Waals surface area contributed by atoms with Crippen molar-refractivity contribution in [2.75, 3.05) is 0 Å². The molecule has 0 aliphatic heterocycles. The number of carbonyl (C=O) groups is 1. The quantitative estimate of drug-likeness (QED) is 0.856. The highest BCUT2D eigenvalue weighted by atomic mass is 16.4. The van der Waals surface area contributed by atoms with Gasteiger partial charge in [-0.15, -0.1) is 0 Å². The average molecular weight is 264 g/mol. The molecule has 0 amide bonds.